The van der Waals surface area contributed by atoms with Crippen LogP contribution in [0.4, 0.5) is 14.5 Å². The Morgan fingerprint density at radius 1 is 1.04 bits per heavy atom. The Kier molecular flexibility index (Phi) is 5.21. The predicted molar refractivity (Wildman–Crippen MR) is 91.1 cm³/mol. The summed E-state index contributed by atoms with van der Waals surface area (Å²) in [6, 6.07) is 8.27. The Balaban J connectivity index is 1.60. The topological polar surface area (TPSA) is 92.3 Å². The molecule has 0 spiro atoms. The molecule has 8 nitrogen and oxygen atoms in total. The normalized spacial score (nSPS) is 13.6. The number of fused-ring (bicyclic) bond motifs is 1. The summed E-state index contributed by atoms with van der Waals surface area (Å²) in [5.41, 5.74) is 0.250. The summed E-state index contributed by atoms with van der Waals surface area (Å²) in [6.07, 6.45) is -3.75. The number of carbonyl (C=O) groups excluding carboxylic acids is 2. The number of anilines is 1. The van der Waals surface area contributed by atoms with Crippen molar-refractivity contribution in [3.05, 3.63) is 42.0 Å². The van der Waals surface area contributed by atoms with Crippen molar-refractivity contribution in [1.29, 1.82) is 0 Å². The van der Waals surface area contributed by atoms with Gasteiger partial charge in [0.1, 0.15) is 17.1 Å². The number of benzene rings is 2. The van der Waals surface area contributed by atoms with Crippen molar-refractivity contribution in [3.8, 4) is 23.0 Å². The van der Waals surface area contributed by atoms with Crippen LogP contribution in [0.15, 0.2) is 36.4 Å². The first kappa shape index (κ1) is 19.2. The van der Waals surface area contributed by atoms with E-state index >= 15 is 0 Å². The lowest BCUT2D eigenvalue weighted by Gasteiger charge is -2.10. The van der Waals surface area contributed by atoms with Crippen molar-refractivity contribution in [2.45, 2.75) is 6.29 Å². The molecule has 0 saturated carbocycles. The fraction of sp³-hybridized carbons (Fsp3) is 0.222. The van der Waals surface area contributed by atoms with Crippen molar-refractivity contribution >= 4 is 17.6 Å². The van der Waals surface area contributed by atoms with Gasteiger partial charge in [-0.1, -0.05) is 0 Å². The monoisotopic (exact) mass is 395 g/mol. The molecule has 1 heterocycles. The minimum atomic E-state index is -3.75. The van der Waals surface area contributed by atoms with Crippen molar-refractivity contribution in [3.63, 3.8) is 0 Å². The smallest absolute Gasteiger partial charge is 0.497 e. The maximum Gasteiger partial charge on any atom is 0.586 e. The lowest BCUT2D eigenvalue weighted by atomic mass is 10.2. The van der Waals surface area contributed by atoms with Gasteiger partial charge in [-0.25, -0.2) is 4.79 Å². The highest BCUT2D eigenvalue weighted by molar-refractivity contribution is 5.97. The summed E-state index contributed by atoms with van der Waals surface area (Å²) in [7, 11) is 2.82. The second kappa shape index (κ2) is 7.59. The molecule has 10 heteroatoms. The average Bonchev–Trinajstić information content (AvgIpc) is 2.98. The van der Waals surface area contributed by atoms with Crippen LogP contribution in [0.3, 0.4) is 0 Å². The summed E-state index contributed by atoms with van der Waals surface area (Å²) in [4.78, 5) is 24.2. The molecule has 1 aliphatic rings. The minimum absolute atomic E-state index is 0.0833. The summed E-state index contributed by atoms with van der Waals surface area (Å²) >= 11 is 0. The Morgan fingerprint density at radius 2 is 1.79 bits per heavy atom. The molecule has 2 aromatic carbocycles. The number of esters is 1. The molecule has 2 aromatic rings. The molecular formula is C18H15F2NO7. The third-order valence-corrected chi connectivity index (χ3v) is 3.65. The van der Waals surface area contributed by atoms with Crippen LogP contribution in [0.2, 0.25) is 0 Å². The zero-order valence-electron chi connectivity index (χ0n) is 14.8. The van der Waals surface area contributed by atoms with Gasteiger partial charge in [-0.05, 0) is 30.3 Å². The highest BCUT2D eigenvalue weighted by atomic mass is 19.3. The van der Waals surface area contributed by atoms with Gasteiger partial charge in [0.2, 0.25) is 0 Å². The molecular weight excluding hydrogens is 380 g/mol. The van der Waals surface area contributed by atoms with E-state index in [-0.39, 0.29) is 28.5 Å². The van der Waals surface area contributed by atoms with Crippen molar-refractivity contribution in [1.82, 2.24) is 0 Å². The van der Waals surface area contributed by atoms with Crippen LogP contribution < -0.4 is 24.3 Å². The summed E-state index contributed by atoms with van der Waals surface area (Å²) < 4.78 is 49.7. The molecule has 0 radical (unpaired) electrons. The van der Waals surface area contributed by atoms with E-state index in [9.17, 15) is 18.4 Å². The number of hydrogen-bond acceptors (Lipinski definition) is 7. The molecule has 0 atom stereocenters. The van der Waals surface area contributed by atoms with Gasteiger partial charge in [-0.15, -0.1) is 8.78 Å². The Morgan fingerprint density at radius 3 is 2.50 bits per heavy atom. The van der Waals surface area contributed by atoms with Gasteiger partial charge < -0.3 is 29.0 Å². The number of ether oxygens (including phenoxy) is 5. The van der Waals surface area contributed by atoms with E-state index < -0.39 is 24.8 Å². The van der Waals surface area contributed by atoms with Crippen LogP contribution in [0.25, 0.3) is 0 Å². The zero-order chi connectivity index (χ0) is 20.3. The third kappa shape index (κ3) is 4.22. The van der Waals surface area contributed by atoms with Gasteiger partial charge in [0.05, 0.1) is 14.2 Å². The van der Waals surface area contributed by atoms with E-state index in [1.165, 1.54) is 44.6 Å². The van der Waals surface area contributed by atoms with E-state index in [4.69, 9.17) is 14.2 Å². The van der Waals surface area contributed by atoms with Crippen LogP contribution >= 0.6 is 0 Å². The SMILES string of the molecule is COc1ccc(OC)c(C(=O)OCC(=O)Nc2ccc3c(c2)OC(F)(F)O3)c1. The third-order valence-electron chi connectivity index (χ3n) is 3.65. The first-order valence-electron chi connectivity index (χ1n) is 7.90. The average molecular weight is 395 g/mol. The molecule has 1 aliphatic heterocycles. The van der Waals surface area contributed by atoms with Gasteiger partial charge in [0, 0.05) is 11.8 Å². The van der Waals surface area contributed by atoms with Crippen molar-refractivity contribution in [2.75, 3.05) is 26.1 Å². The molecule has 0 bridgehead atoms. The lowest BCUT2D eigenvalue weighted by Crippen LogP contribution is -2.25. The maximum absolute atomic E-state index is 13.0. The molecule has 148 valence electrons. The van der Waals surface area contributed by atoms with Crippen molar-refractivity contribution < 1.29 is 42.1 Å². The van der Waals surface area contributed by atoms with Gasteiger partial charge >= 0.3 is 12.3 Å². The van der Waals surface area contributed by atoms with E-state index in [2.05, 4.69) is 14.8 Å². The summed E-state index contributed by atoms with van der Waals surface area (Å²) in [5, 5.41) is 2.40. The molecule has 0 aliphatic carbocycles. The summed E-state index contributed by atoms with van der Waals surface area (Å²) in [6.45, 7) is -0.607. The highest BCUT2D eigenvalue weighted by Crippen LogP contribution is 2.42. The molecule has 3 rings (SSSR count). The highest BCUT2D eigenvalue weighted by Gasteiger charge is 2.43. The number of methoxy groups -OCH3 is 2. The van der Waals surface area contributed by atoms with Gasteiger partial charge in [0.25, 0.3) is 5.91 Å². The van der Waals surface area contributed by atoms with Crippen LogP contribution in [-0.2, 0) is 9.53 Å². The Labute approximate surface area is 157 Å². The van der Waals surface area contributed by atoms with Crippen LogP contribution in [0.1, 0.15) is 10.4 Å². The number of halogens is 2. The second-order valence-corrected chi connectivity index (χ2v) is 5.52. The Bertz CT molecular complexity index is 917. The molecule has 1 amide bonds. The molecule has 0 unspecified atom stereocenters. The second-order valence-electron chi connectivity index (χ2n) is 5.52. The van der Waals surface area contributed by atoms with Crippen LogP contribution in [0, 0.1) is 0 Å². The molecule has 0 aromatic heterocycles. The van der Waals surface area contributed by atoms with Gasteiger partial charge in [-0.3, -0.25) is 4.79 Å². The molecule has 0 fully saturated rings. The minimum Gasteiger partial charge on any atom is -0.497 e. The first-order valence-corrected chi connectivity index (χ1v) is 7.90. The van der Waals surface area contributed by atoms with Crippen molar-refractivity contribution in [2.24, 2.45) is 0 Å². The van der Waals surface area contributed by atoms with Crippen LogP contribution in [-0.4, -0.2) is 39.0 Å². The molecule has 28 heavy (non-hydrogen) atoms. The fourth-order valence-corrected chi connectivity index (χ4v) is 2.41. The first-order chi connectivity index (χ1) is 13.3. The molecule has 0 saturated heterocycles. The Hall–Kier alpha value is -3.56. The van der Waals surface area contributed by atoms with E-state index in [0.717, 1.165) is 0 Å². The van der Waals surface area contributed by atoms with Gasteiger partial charge in [-0.2, -0.15) is 0 Å². The van der Waals surface area contributed by atoms with Crippen LogP contribution in [0.5, 0.6) is 23.0 Å². The quantitative estimate of drug-likeness (QED) is 0.752. The number of rotatable bonds is 6. The van der Waals surface area contributed by atoms with E-state index in [1.807, 2.05) is 0 Å². The molecule has 1 N–H and O–H groups in total. The number of hydrogen-bond donors (Lipinski definition) is 1. The number of nitrogens with one attached hydrogen (secondary N) is 1. The zero-order valence-corrected chi connectivity index (χ0v) is 14.8. The summed E-state index contributed by atoms with van der Waals surface area (Å²) in [5.74, 6) is -1.19. The number of carbonyl (C=O) groups is 2. The largest absolute Gasteiger partial charge is 0.586 e. The number of alkyl halides is 2. The van der Waals surface area contributed by atoms with E-state index in [1.54, 1.807) is 6.07 Å². The van der Waals surface area contributed by atoms with E-state index in [0.29, 0.717) is 5.75 Å². The maximum atomic E-state index is 13.0. The number of amides is 1. The predicted octanol–water partition coefficient (Wildman–Crippen LogP) is 2.82. The standard InChI is InChI=1S/C18H15F2NO7/c1-24-11-4-6-13(25-2)12(8-11)17(23)26-9-16(22)21-10-3-5-14-15(7-10)28-18(19,20)27-14/h3-8H,9H2,1-2H3,(H,21,22). The van der Waals surface area contributed by atoms with Gasteiger partial charge in [0.15, 0.2) is 18.1 Å². The lowest BCUT2D eigenvalue weighted by molar-refractivity contribution is -0.286. The fourth-order valence-electron chi connectivity index (χ4n) is 2.41.